The Balaban J connectivity index is 2.33. The molecule has 4 nitrogen and oxygen atoms in total. The van der Waals surface area contributed by atoms with Crippen LogP contribution in [0.5, 0.6) is 0 Å². The predicted octanol–water partition coefficient (Wildman–Crippen LogP) is 3.80. The summed E-state index contributed by atoms with van der Waals surface area (Å²) in [6, 6.07) is 7.69. The fourth-order valence-corrected chi connectivity index (χ4v) is 2.17. The van der Waals surface area contributed by atoms with E-state index in [1.165, 1.54) is 0 Å². The van der Waals surface area contributed by atoms with Crippen molar-refractivity contribution >= 4 is 40.4 Å². The smallest absolute Gasteiger partial charge is 0.417 e. The van der Waals surface area contributed by atoms with Gasteiger partial charge in [0, 0.05) is 6.61 Å². The number of benzene rings is 1. The zero-order valence-corrected chi connectivity index (χ0v) is 13.0. The molecule has 0 bridgehead atoms. The largest absolute Gasteiger partial charge is 0.435 e. The van der Waals surface area contributed by atoms with E-state index in [0.29, 0.717) is 6.61 Å². The number of fused-ring (bicyclic) bond motifs is 1. The highest BCUT2D eigenvalue weighted by Gasteiger charge is 2.30. The molecule has 1 amide bonds. The summed E-state index contributed by atoms with van der Waals surface area (Å²) >= 11 is 2.05. The van der Waals surface area contributed by atoms with Crippen molar-refractivity contribution in [2.24, 2.45) is 0 Å². The second-order valence-electron chi connectivity index (χ2n) is 4.06. The minimum atomic E-state index is -0.414. The fraction of sp³-hybridized carbons (Fsp3) is 0.357. The summed E-state index contributed by atoms with van der Waals surface area (Å²) in [5, 5.41) is 0. The lowest BCUT2D eigenvalue weighted by atomic mass is 10.1. The maximum Gasteiger partial charge on any atom is 0.417 e. The minimum absolute atomic E-state index is 0.189. The SMILES string of the molecule is CCOC1C=Cc2ccccc2N1C(=O)OC(C)I. The average molecular weight is 373 g/mol. The number of alkyl halides is 1. The summed E-state index contributed by atoms with van der Waals surface area (Å²) in [6.07, 6.45) is 3.03. The monoisotopic (exact) mass is 373 g/mol. The van der Waals surface area contributed by atoms with Crippen LogP contribution in [0.4, 0.5) is 10.5 Å². The molecule has 1 aliphatic rings. The molecular formula is C14H16INO3. The molecule has 19 heavy (non-hydrogen) atoms. The van der Waals surface area contributed by atoms with E-state index in [0.717, 1.165) is 11.3 Å². The highest BCUT2D eigenvalue weighted by atomic mass is 127. The molecule has 0 fully saturated rings. The molecule has 2 atom stereocenters. The molecule has 0 aliphatic carbocycles. The van der Waals surface area contributed by atoms with Gasteiger partial charge in [0.05, 0.1) is 5.69 Å². The van der Waals surface area contributed by atoms with Gasteiger partial charge < -0.3 is 9.47 Å². The Morgan fingerprint density at radius 2 is 2.21 bits per heavy atom. The van der Waals surface area contributed by atoms with Gasteiger partial charge in [-0.1, -0.05) is 24.3 Å². The van der Waals surface area contributed by atoms with E-state index < -0.39 is 12.3 Å². The second-order valence-corrected chi connectivity index (χ2v) is 5.81. The lowest BCUT2D eigenvalue weighted by Crippen LogP contribution is -2.43. The number of nitrogens with zero attached hydrogens (tertiary/aromatic N) is 1. The van der Waals surface area contributed by atoms with Crippen LogP contribution in [0.25, 0.3) is 6.08 Å². The molecule has 2 rings (SSSR count). The van der Waals surface area contributed by atoms with Crippen molar-refractivity contribution in [3.63, 3.8) is 0 Å². The Hall–Kier alpha value is -1.08. The molecular weight excluding hydrogens is 357 g/mol. The van der Waals surface area contributed by atoms with Gasteiger partial charge in [-0.3, -0.25) is 0 Å². The van der Waals surface area contributed by atoms with Crippen LogP contribution in [0.2, 0.25) is 0 Å². The summed E-state index contributed by atoms with van der Waals surface area (Å²) in [4.78, 5) is 13.8. The van der Waals surface area contributed by atoms with Gasteiger partial charge >= 0.3 is 6.09 Å². The topological polar surface area (TPSA) is 38.8 Å². The van der Waals surface area contributed by atoms with Crippen LogP contribution in [0, 0.1) is 0 Å². The molecule has 0 saturated heterocycles. The maximum atomic E-state index is 12.2. The van der Waals surface area contributed by atoms with Crippen LogP contribution in [0.15, 0.2) is 30.3 Å². The van der Waals surface area contributed by atoms with Crippen molar-refractivity contribution in [2.45, 2.75) is 24.2 Å². The number of hydrogen-bond donors (Lipinski definition) is 0. The molecule has 1 heterocycles. The molecule has 0 N–H and O–H groups in total. The van der Waals surface area contributed by atoms with Crippen LogP contribution >= 0.6 is 22.6 Å². The molecule has 1 aliphatic heterocycles. The van der Waals surface area contributed by atoms with E-state index >= 15 is 0 Å². The summed E-state index contributed by atoms with van der Waals surface area (Å²) in [7, 11) is 0. The molecule has 2 unspecified atom stereocenters. The third-order valence-electron chi connectivity index (χ3n) is 2.69. The molecule has 0 aromatic heterocycles. The quantitative estimate of drug-likeness (QED) is 0.598. The number of rotatable bonds is 3. The first-order valence-corrected chi connectivity index (χ1v) is 7.40. The van der Waals surface area contributed by atoms with Crippen molar-refractivity contribution in [3.8, 4) is 0 Å². The zero-order chi connectivity index (χ0) is 13.8. The van der Waals surface area contributed by atoms with Gasteiger partial charge in [-0.05, 0) is 54.1 Å². The second kappa shape index (κ2) is 6.38. The number of ether oxygens (including phenoxy) is 2. The first-order chi connectivity index (χ1) is 9.13. The van der Waals surface area contributed by atoms with Gasteiger partial charge in [-0.2, -0.15) is 0 Å². The number of halogens is 1. The first kappa shape index (κ1) is 14.3. The fourth-order valence-electron chi connectivity index (χ4n) is 1.96. The van der Waals surface area contributed by atoms with E-state index in [1.54, 1.807) is 4.90 Å². The van der Waals surface area contributed by atoms with E-state index in [9.17, 15) is 4.79 Å². The molecule has 0 radical (unpaired) electrons. The number of carbonyl (C=O) groups is 1. The number of anilines is 1. The van der Waals surface area contributed by atoms with Gasteiger partial charge in [0.1, 0.15) is 0 Å². The molecule has 0 saturated carbocycles. The average Bonchev–Trinajstić information content (AvgIpc) is 2.37. The van der Waals surface area contributed by atoms with Crippen molar-refractivity contribution < 1.29 is 14.3 Å². The number of hydrogen-bond acceptors (Lipinski definition) is 3. The summed E-state index contributed by atoms with van der Waals surface area (Å²) in [6.45, 7) is 4.25. The van der Waals surface area contributed by atoms with E-state index in [2.05, 4.69) is 22.6 Å². The van der Waals surface area contributed by atoms with Gasteiger partial charge in [-0.25, -0.2) is 9.69 Å². The minimum Gasteiger partial charge on any atom is -0.435 e. The summed E-state index contributed by atoms with van der Waals surface area (Å²) < 4.78 is 10.7. The van der Waals surface area contributed by atoms with E-state index in [1.807, 2.05) is 50.3 Å². The van der Waals surface area contributed by atoms with Crippen LogP contribution < -0.4 is 4.90 Å². The van der Waals surface area contributed by atoms with Crippen molar-refractivity contribution in [1.29, 1.82) is 0 Å². The van der Waals surface area contributed by atoms with Crippen LogP contribution in [0.3, 0.4) is 0 Å². The van der Waals surface area contributed by atoms with Crippen LogP contribution in [-0.2, 0) is 9.47 Å². The number of para-hydroxylation sites is 1. The molecule has 0 spiro atoms. The molecule has 102 valence electrons. The lowest BCUT2D eigenvalue weighted by Gasteiger charge is -2.32. The number of carbonyl (C=O) groups excluding carboxylic acids is 1. The normalized spacial score (nSPS) is 18.9. The van der Waals surface area contributed by atoms with Crippen molar-refractivity contribution in [2.75, 3.05) is 11.5 Å². The summed E-state index contributed by atoms with van der Waals surface area (Å²) in [5.41, 5.74) is 1.79. The van der Waals surface area contributed by atoms with Gasteiger partial charge in [0.25, 0.3) is 0 Å². The molecule has 1 aromatic carbocycles. The van der Waals surface area contributed by atoms with Gasteiger partial charge in [0.15, 0.2) is 10.3 Å². The van der Waals surface area contributed by atoms with E-state index in [-0.39, 0.29) is 4.11 Å². The van der Waals surface area contributed by atoms with Crippen LogP contribution in [0.1, 0.15) is 19.4 Å². The molecule has 5 heteroatoms. The van der Waals surface area contributed by atoms with Crippen molar-refractivity contribution in [1.82, 2.24) is 0 Å². The van der Waals surface area contributed by atoms with Gasteiger partial charge in [-0.15, -0.1) is 0 Å². The highest BCUT2D eigenvalue weighted by Crippen LogP contribution is 2.30. The third kappa shape index (κ3) is 3.27. The van der Waals surface area contributed by atoms with Crippen molar-refractivity contribution in [3.05, 3.63) is 35.9 Å². The Morgan fingerprint density at radius 1 is 1.47 bits per heavy atom. The third-order valence-corrected chi connectivity index (χ3v) is 2.94. The number of amides is 1. The zero-order valence-electron chi connectivity index (χ0n) is 10.9. The van der Waals surface area contributed by atoms with Crippen LogP contribution in [-0.4, -0.2) is 23.0 Å². The Bertz CT molecular complexity index is 487. The lowest BCUT2D eigenvalue weighted by molar-refractivity contribution is 0.0817. The highest BCUT2D eigenvalue weighted by molar-refractivity contribution is 14.1. The Kier molecular flexibility index (Phi) is 4.81. The Morgan fingerprint density at radius 3 is 2.89 bits per heavy atom. The van der Waals surface area contributed by atoms with E-state index in [4.69, 9.17) is 9.47 Å². The standard InChI is InChI=1S/C14H16INO3/c1-3-18-13-9-8-11-6-4-5-7-12(11)16(13)14(17)19-10(2)15/h4-10,13H,3H2,1-2H3. The summed E-state index contributed by atoms with van der Waals surface area (Å²) in [5.74, 6) is 0. The maximum absolute atomic E-state index is 12.2. The Labute approximate surface area is 126 Å². The first-order valence-electron chi connectivity index (χ1n) is 6.16. The predicted molar refractivity (Wildman–Crippen MR) is 83.3 cm³/mol. The molecule has 1 aromatic rings. The van der Waals surface area contributed by atoms with Gasteiger partial charge in [0.2, 0.25) is 0 Å².